The number of nitrogens with zero attached hydrogens (tertiary/aromatic N) is 5. The number of benzene rings is 1. The smallest absolute Gasteiger partial charge is 0.258 e. The molecule has 0 radical (unpaired) electrons. The number of aromatic nitrogens is 5. The van der Waals surface area contributed by atoms with Crippen LogP contribution in [0.2, 0.25) is 0 Å². The Hall–Kier alpha value is -3.29. The highest BCUT2D eigenvalue weighted by Crippen LogP contribution is 2.17. The summed E-state index contributed by atoms with van der Waals surface area (Å²) >= 11 is 0. The van der Waals surface area contributed by atoms with E-state index in [2.05, 4.69) is 25.8 Å². The third-order valence-electron chi connectivity index (χ3n) is 3.63. The number of amides is 1. The minimum Gasteiger partial charge on any atom is -0.484 e. The third-order valence-corrected chi connectivity index (χ3v) is 3.63. The summed E-state index contributed by atoms with van der Waals surface area (Å²) in [6.45, 7) is 1.93. The first-order chi connectivity index (χ1) is 12.3. The van der Waals surface area contributed by atoms with Gasteiger partial charge in [-0.25, -0.2) is 4.68 Å². The number of ether oxygens (including phenoxy) is 1. The van der Waals surface area contributed by atoms with Crippen LogP contribution in [0.3, 0.4) is 0 Å². The number of carbonyl (C=O) groups excluding carboxylic acids is 1. The molecule has 8 nitrogen and oxygen atoms in total. The Balaban J connectivity index is 1.58. The molecule has 0 saturated heterocycles. The molecular formula is C17H18N6O2. The standard InChI is InChI=1S/C17H18N6O2/c1-2-16(13-5-4-8-18-10-13)20-17(24)11-25-15-7-3-6-14(9-15)23-12-19-21-22-23/h3-10,12,16H,2,11H2,1H3,(H,20,24)/t16-/m1/s1. The number of nitrogens with one attached hydrogen (secondary N) is 1. The molecule has 25 heavy (non-hydrogen) atoms. The van der Waals surface area contributed by atoms with E-state index < -0.39 is 0 Å². The fraction of sp³-hybridized carbons (Fsp3) is 0.235. The monoisotopic (exact) mass is 338 g/mol. The van der Waals surface area contributed by atoms with Gasteiger partial charge in [-0.3, -0.25) is 9.78 Å². The van der Waals surface area contributed by atoms with Crippen molar-refractivity contribution >= 4 is 5.91 Å². The van der Waals surface area contributed by atoms with Gasteiger partial charge in [0.25, 0.3) is 5.91 Å². The van der Waals surface area contributed by atoms with Crippen LogP contribution >= 0.6 is 0 Å². The van der Waals surface area contributed by atoms with Crippen molar-refractivity contribution in [3.63, 3.8) is 0 Å². The van der Waals surface area contributed by atoms with E-state index >= 15 is 0 Å². The number of rotatable bonds is 7. The molecular weight excluding hydrogens is 320 g/mol. The van der Waals surface area contributed by atoms with Crippen molar-refractivity contribution in [2.24, 2.45) is 0 Å². The maximum atomic E-state index is 12.2. The van der Waals surface area contributed by atoms with Gasteiger partial charge in [0, 0.05) is 18.5 Å². The Bertz CT molecular complexity index is 807. The Morgan fingerprint density at radius 2 is 2.24 bits per heavy atom. The highest BCUT2D eigenvalue weighted by Gasteiger charge is 2.13. The molecule has 0 unspecified atom stereocenters. The van der Waals surface area contributed by atoms with E-state index in [4.69, 9.17) is 4.74 Å². The molecule has 0 bridgehead atoms. The minimum atomic E-state index is -0.191. The van der Waals surface area contributed by atoms with Gasteiger partial charge in [-0.2, -0.15) is 0 Å². The van der Waals surface area contributed by atoms with E-state index in [1.165, 1.54) is 11.0 Å². The molecule has 3 rings (SSSR count). The second-order valence-corrected chi connectivity index (χ2v) is 5.36. The number of pyridine rings is 1. The average Bonchev–Trinajstić information content (AvgIpc) is 3.20. The lowest BCUT2D eigenvalue weighted by molar-refractivity contribution is -0.123. The fourth-order valence-corrected chi connectivity index (χ4v) is 2.38. The van der Waals surface area contributed by atoms with Crippen LogP contribution in [0, 0.1) is 0 Å². The minimum absolute atomic E-state index is 0.0736. The summed E-state index contributed by atoms with van der Waals surface area (Å²) in [6.07, 6.45) is 5.72. The van der Waals surface area contributed by atoms with Crippen LogP contribution < -0.4 is 10.1 Å². The normalized spacial score (nSPS) is 11.7. The molecule has 2 heterocycles. The third kappa shape index (κ3) is 4.37. The van der Waals surface area contributed by atoms with Crippen molar-refractivity contribution in [1.29, 1.82) is 0 Å². The quantitative estimate of drug-likeness (QED) is 0.704. The van der Waals surface area contributed by atoms with E-state index in [1.807, 2.05) is 31.2 Å². The lowest BCUT2D eigenvalue weighted by Crippen LogP contribution is -2.32. The Kier molecular flexibility index (Phi) is 5.30. The van der Waals surface area contributed by atoms with E-state index in [-0.39, 0.29) is 18.6 Å². The summed E-state index contributed by atoms with van der Waals surface area (Å²) in [6, 6.07) is 10.9. The first-order valence-electron chi connectivity index (χ1n) is 7.91. The summed E-state index contributed by atoms with van der Waals surface area (Å²) in [5.41, 5.74) is 1.73. The second-order valence-electron chi connectivity index (χ2n) is 5.36. The molecule has 1 aromatic carbocycles. The molecule has 1 atom stereocenters. The van der Waals surface area contributed by atoms with E-state index in [0.717, 1.165) is 17.7 Å². The van der Waals surface area contributed by atoms with Gasteiger partial charge in [-0.15, -0.1) is 5.10 Å². The first kappa shape index (κ1) is 16.6. The molecule has 0 aliphatic rings. The van der Waals surface area contributed by atoms with Gasteiger partial charge in [0.2, 0.25) is 0 Å². The van der Waals surface area contributed by atoms with Crippen LogP contribution in [0.15, 0.2) is 55.1 Å². The number of tetrazole rings is 1. The van der Waals surface area contributed by atoms with Gasteiger partial charge >= 0.3 is 0 Å². The summed E-state index contributed by atoms with van der Waals surface area (Å²) < 4.78 is 7.09. The highest BCUT2D eigenvalue weighted by molar-refractivity contribution is 5.78. The molecule has 0 fully saturated rings. The lowest BCUT2D eigenvalue weighted by atomic mass is 10.1. The molecule has 0 saturated carbocycles. The molecule has 1 amide bonds. The zero-order valence-electron chi connectivity index (χ0n) is 13.7. The summed E-state index contributed by atoms with van der Waals surface area (Å²) in [5.74, 6) is 0.376. The second kappa shape index (κ2) is 8.00. The molecule has 2 aromatic heterocycles. The predicted molar refractivity (Wildman–Crippen MR) is 90.1 cm³/mol. The van der Waals surface area contributed by atoms with Crippen molar-refractivity contribution in [3.8, 4) is 11.4 Å². The van der Waals surface area contributed by atoms with Crippen molar-refractivity contribution in [2.45, 2.75) is 19.4 Å². The van der Waals surface area contributed by atoms with Crippen LogP contribution in [0.5, 0.6) is 5.75 Å². The van der Waals surface area contributed by atoms with Gasteiger partial charge in [-0.05, 0) is 40.6 Å². The Labute approximate surface area is 144 Å². The van der Waals surface area contributed by atoms with Crippen molar-refractivity contribution in [3.05, 3.63) is 60.7 Å². The van der Waals surface area contributed by atoms with Crippen molar-refractivity contribution in [1.82, 2.24) is 30.5 Å². The van der Waals surface area contributed by atoms with Crippen LogP contribution in [0.4, 0.5) is 0 Å². The van der Waals surface area contributed by atoms with Gasteiger partial charge < -0.3 is 10.1 Å². The molecule has 0 spiro atoms. The summed E-state index contributed by atoms with van der Waals surface area (Å²) in [7, 11) is 0. The van der Waals surface area contributed by atoms with Crippen LogP contribution in [0.1, 0.15) is 24.9 Å². The zero-order chi connectivity index (χ0) is 17.5. The topological polar surface area (TPSA) is 94.8 Å². The Morgan fingerprint density at radius 1 is 1.32 bits per heavy atom. The highest BCUT2D eigenvalue weighted by atomic mass is 16.5. The van der Waals surface area contributed by atoms with Crippen molar-refractivity contribution in [2.75, 3.05) is 6.61 Å². The predicted octanol–water partition coefficient (Wildman–Crippen LogP) is 1.70. The Morgan fingerprint density at radius 3 is 2.96 bits per heavy atom. The molecule has 0 aliphatic carbocycles. The summed E-state index contributed by atoms with van der Waals surface area (Å²) in [5, 5.41) is 14.0. The maximum absolute atomic E-state index is 12.2. The molecule has 128 valence electrons. The average molecular weight is 338 g/mol. The maximum Gasteiger partial charge on any atom is 0.258 e. The molecule has 3 aromatic rings. The SMILES string of the molecule is CC[C@@H](NC(=O)COc1cccc(-n2cnnn2)c1)c1cccnc1. The van der Waals surface area contributed by atoms with Crippen LogP contribution in [0.25, 0.3) is 5.69 Å². The largest absolute Gasteiger partial charge is 0.484 e. The molecule has 0 aliphatic heterocycles. The fourth-order valence-electron chi connectivity index (χ4n) is 2.38. The molecule has 8 heteroatoms. The van der Waals surface area contributed by atoms with Crippen LogP contribution in [-0.4, -0.2) is 37.7 Å². The summed E-state index contributed by atoms with van der Waals surface area (Å²) in [4.78, 5) is 16.3. The van der Waals surface area contributed by atoms with E-state index in [1.54, 1.807) is 24.5 Å². The van der Waals surface area contributed by atoms with Gasteiger partial charge in [0.05, 0.1) is 11.7 Å². The first-order valence-corrected chi connectivity index (χ1v) is 7.91. The number of carbonyl (C=O) groups is 1. The van der Waals surface area contributed by atoms with E-state index in [9.17, 15) is 4.79 Å². The van der Waals surface area contributed by atoms with Gasteiger partial charge in [0.1, 0.15) is 12.1 Å². The van der Waals surface area contributed by atoms with Gasteiger partial charge in [-0.1, -0.05) is 19.1 Å². The van der Waals surface area contributed by atoms with Crippen LogP contribution in [-0.2, 0) is 4.79 Å². The molecule has 1 N–H and O–H groups in total. The van der Waals surface area contributed by atoms with E-state index in [0.29, 0.717) is 5.75 Å². The zero-order valence-corrected chi connectivity index (χ0v) is 13.7. The van der Waals surface area contributed by atoms with Gasteiger partial charge in [0.15, 0.2) is 6.61 Å². The lowest BCUT2D eigenvalue weighted by Gasteiger charge is -2.17. The van der Waals surface area contributed by atoms with Crippen molar-refractivity contribution < 1.29 is 9.53 Å². The number of hydrogen-bond donors (Lipinski definition) is 1. The number of hydrogen-bond acceptors (Lipinski definition) is 6.